The zero-order valence-corrected chi connectivity index (χ0v) is 19.4. The molecule has 0 bridgehead atoms. The summed E-state index contributed by atoms with van der Waals surface area (Å²) in [6.07, 6.45) is 1.37. The molecule has 0 saturated heterocycles. The molecule has 0 aliphatic rings. The van der Waals surface area contributed by atoms with Gasteiger partial charge >= 0.3 is 0 Å². The number of aryl methyl sites for hydroxylation is 1. The van der Waals surface area contributed by atoms with E-state index in [1.807, 2.05) is 91.9 Å². The van der Waals surface area contributed by atoms with Crippen LogP contribution in [0.4, 0.5) is 0 Å². The van der Waals surface area contributed by atoms with E-state index >= 15 is 0 Å². The molecule has 3 rings (SSSR count). The van der Waals surface area contributed by atoms with Gasteiger partial charge in [-0.3, -0.25) is 9.59 Å². The number of amides is 2. The predicted octanol–water partition coefficient (Wildman–Crippen LogP) is 4.40. The predicted molar refractivity (Wildman–Crippen MR) is 131 cm³/mol. The van der Waals surface area contributed by atoms with E-state index in [4.69, 9.17) is 4.74 Å². The third-order valence-corrected chi connectivity index (χ3v) is 5.51. The molecule has 2 amide bonds. The van der Waals surface area contributed by atoms with Gasteiger partial charge in [0.05, 0.1) is 0 Å². The van der Waals surface area contributed by atoms with Gasteiger partial charge in [0.2, 0.25) is 5.91 Å². The van der Waals surface area contributed by atoms with Crippen molar-refractivity contribution in [2.24, 2.45) is 0 Å². The zero-order valence-electron chi connectivity index (χ0n) is 19.4. The van der Waals surface area contributed by atoms with Crippen molar-refractivity contribution in [1.29, 1.82) is 0 Å². The van der Waals surface area contributed by atoms with Crippen LogP contribution >= 0.6 is 0 Å². The highest BCUT2D eigenvalue weighted by Gasteiger charge is 2.30. The zero-order chi connectivity index (χ0) is 23.5. The number of hydrogen-bond acceptors (Lipinski definition) is 3. The summed E-state index contributed by atoms with van der Waals surface area (Å²) in [5.41, 5.74) is 3.16. The van der Waals surface area contributed by atoms with Gasteiger partial charge in [0.25, 0.3) is 5.91 Å². The molecule has 0 heterocycles. The van der Waals surface area contributed by atoms with Crippen molar-refractivity contribution >= 4 is 11.8 Å². The Labute approximate surface area is 196 Å². The Morgan fingerprint density at radius 3 is 2.00 bits per heavy atom. The first kappa shape index (κ1) is 24.1. The molecule has 1 unspecified atom stereocenters. The van der Waals surface area contributed by atoms with Gasteiger partial charge in [0.1, 0.15) is 11.8 Å². The molecular weight excluding hydrogens is 412 g/mol. The molecular formula is C28H32N2O3. The highest BCUT2D eigenvalue weighted by Crippen LogP contribution is 2.17. The summed E-state index contributed by atoms with van der Waals surface area (Å²) in [5.74, 6) is 0.237. The molecule has 0 radical (unpaired) electrons. The van der Waals surface area contributed by atoms with Gasteiger partial charge in [-0.2, -0.15) is 0 Å². The maximum atomic E-state index is 13.4. The van der Waals surface area contributed by atoms with Gasteiger partial charge < -0.3 is 15.0 Å². The van der Waals surface area contributed by atoms with Crippen LogP contribution in [0.3, 0.4) is 0 Å². The fourth-order valence-electron chi connectivity index (χ4n) is 3.68. The molecule has 0 aliphatic carbocycles. The molecule has 0 saturated carbocycles. The minimum atomic E-state index is -0.647. The fraction of sp³-hybridized carbons (Fsp3) is 0.286. The van der Waals surface area contributed by atoms with Gasteiger partial charge in [0.15, 0.2) is 6.61 Å². The number of nitrogens with zero attached hydrogens (tertiary/aromatic N) is 1. The van der Waals surface area contributed by atoms with Crippen LogP contribution in [-0.4, -0.2) is 35.9 Å². The van der Waals surface area contributed by atoms with Crippen LogP contribution in [0.5, 0.6) is 5.75 Å². The maximum Gasteiger partial charge on any atom is 0.261 e. The number of ether oxygens (including phenoxy) is 1. The van der Waals surface area contributed by atoms with E-state index < -0.39 is 6.04 Å². The van der Waals surface area contributed by atoms with Crippen LogP contribution < -0.4 is 10.1 Å². The Morgan fingerprint density at radius 1 is 0.818 bits per heavy atom. The van der Waals surface area contributed by atoms with Gasteiger partial charge in [-0.05, 0) is 42.2 Å². The number of hydrogen-bond donors (Lipinski definition) is 1. The highest BCUT2D eigenvalue weighted by molar-refractivity contribution is 5.88. The highest BCUT2D eigenvalue weighted by atomic mass is 16.5. The van der Waals surface area contributed by atoms with E-state index in [2.05, 4.69) is 12.2 Å². The van der Waals surface area contributed by atoms with Crippen LogP contribution in [0, 0.1) is 0 Å². The van der Waals surface area contributed by atoms with E-state index in [1.54, 1.807) is 4.90 Å². The number of carbonyl (C=O) groups excluding carboxylic acids is 2. The van der Waals surface area contributed by atoms with Crippen LogP contribution in [0.25, 0.3) is 0 Å². The summed E-state index contributed by atoms with van der Waals surface area (Å²) in [4.78, 5) is 28.1. The van der Waals surface area contributed by atoms with Crippen molar-refractivity contribution in [3.63, 3.8) is 0 Å². The molecule has 1 atom stereocenters. The van der Waals surface area contributed by atoms with Crippen molar-refractivity contribution < 1.29 is 14.3 Å². The topological polar surface area (TPSA) is 58.6 Å². The number of likely N-dealkylation sites (N-methyl/N-ethyl adjacent to an activating group) is 1. The third-order valence-electron chi connectivity index (χ3n) is 5.51. The van der Waals surface area contributed by atoms with E-state index in [0.29, 0.717) is 25.3 Å². The Balaban J connectivity index is 1.84. The Morgan fingerprint density at radius 2 is 1.42 bits per heavy atom. The average molecular weight is 445 g/mol. The number of nitrogens with one attached hydrogen (secondary N) is 1. The maximum absolute atomic E-state index is 13.4. The van der Waals surface area contributed by atoms with E-state index in [9.17, 15) is 9.59 Å². The molecule has 0 fully saturated rings. The lowest BCUT2D eigenvalue weighted by Gasteiger charge is -2.31. The lowest BCUT2D eigenvalue weighted by molar-refractivity contribution is -0.142. The quantitative estimate of drug-likeness (QED) is 0.477. The Bertz CT molecular complexity index is 1000. The van der Waals surface area contributed by atoms with Crippen molar-refractivity contribution in [1.82, 2.24) is 10.2 Å². The second-order valence-corrected chi connectivity index (χ2v) is 7.89. The number of carbonyl (C=O) groups is 2. The number of rotatable bonds is 11. The lowest BCUT2D eigenvalue weighted by Crippen LogP contribution is -2.51. The Hall–Kier alpha value is -3.60. The molecule has 172 valence electrons. The van der Waals surface area contributed by atoms with Gasteiger partial charge in [-0.25, -0.2) is 0 Å². The average Bonchev–Trinajstić information content (AvgIpc) is 2.86. The lowest BCUT2D eigenvalue weighted by atomic mass is 10.0. The van der Waals surface area contributed by atoms with Gasteiger partial charge in [0, 0.05) is 19.5 Å². The Kier molecular flexibility index (Phi) is 9.07. The van der Waals surface area contributed by atoms with Crippen molar-refractivity contribution in [2.75, 3.05) is 13.2 Å². The molecule has 3 aromatic carbocycles. The summed E-state index contributed by atoms with van der Waals surface area (Å²) in [6, 6.07) is 26.6. The SMILES string of the molecule is CCNC(=O)C(Cc1ccccc1)N(Cc1ccccc1)C(=O)COc1ccc(CC)cc1. The smallest absolute Gasteiger partial charge is 0.261 e. The minimum Gasteiger partial charge on any atom is -0.484 e. The van der Waals surface area contributed by atoms with Crippen molar-refractivity contribution in [3.05, 3.63) is 102 Å². The first-order valence-corrected chi connectivity index (χ1v) is 11.5. The summed E-state index contributed by atoms with van der Waals surface area (Å²) in [7, 11) is 0. The third kappa shape index (κ3) is 7.21. The molecule has 3 aromatic rings. The molecule has 1 N–H and O–H groups in total. The standard InChI is InChI=1S/C28H32N2O3/c1-3-22-15-17-25(18-16-22)33-21-27(31)30(20-24-13-9-6-10-14-24)26(28(32)29-4-2)19-23-11-7-5-8-12-23/h5-18,26H,3-4,19-21H2,1-2H3,(H,29,32). The molecule has 33 heavy (non-hydrogen) atoms. The van der Waals surface area contributed by atoms with Crippen LogP contribution in [0.15, 0.2) is 84.9 Å². The first-order chi connectivity index (χ1) is 16.1. The second-order valence-electron chi connectivity index (χ2n) is 7.89. The summed E-state index contributed by atoms with van der Waals surface area (Å²) in [5, 5.41) is 2.90. The summed E-state index contributed by atoms with van der Waals surface area (Å²) < 4.78 is 5.80. The van der Waals surface area contributed by atoms with Crippen LogP contribution in [0.2, 0.25) is 0 Å². The minimum absolute atomic E-state index is 0.136. The fourth-order valence-corrected chi connectivity index (χ4v) is 3.68. The molecule has 0 aromatic heterocycles. The van der Waals surface area contributed by atoms with Crippen molar-refractivity contribution in [2.45, 2.75) is 39.3 Å². The monoisotopic (exact) mass is 444 g/mol. The first-order valence-electron chi connectivity index (χ1n) is 11.5. The molecule has 5 nitrogen and oxygen atoms in total. The second kappa shape index (κ2) is 12.4. The van der Waals surface area contributed by atoms with Crippen molar-refractivity contribution in [3.8, 4) is 5.75 Å². The van der Waals surface area contributed by atoms with Gasteiger partial charge in [-0.15, -0.1) is 0 Å². The van der Waals surface area contributed by atoms with Crippen LogP contribution in [0.1, 0.15) is 30.5 Å². The molecule has 0 spiro atoms. The van der Waals surface area contributed by atoms with E-state index in [-0.39, 0.29) is 18.4 Å². The summed E-state index contributed by atoms with van der Waals surface area (Å²) >= 11 is 0. The largest absolute Gasteiger partial charge is 0.484 e. The molecule has 5 heteroatoms. The van der Waals surface area contributed by atoms with Gasteiger partial charge in [-0.1, -0.05) is 79.7 Å². The van der Waals surface area contributed by atoms with E-state index in [0.717, 1.165) is 17.5 Å². The van der Waals surface area contributed by atoms with Crippen LogP contribution in [-0.2, 0) is 29.0 Å². The normalized spacial score (nSPS) is 11.5. The summed E-state index contributed by atoms with van der Waals surface area (Å²) in [6.45, 7) is 4.66. The molecule has 0 aliphatic heterocycles. The number of benzene rings is 3. The van der Waals surface area contributed by atoms with E-state index in [1.165, 1.54) is 5.56 Å².